The average molecular weight is 287 g/mol. The van der Waals surface area contributed by atoms with Crippen molar-refractivity contribution in [1.29, 1.82) is 0 Å². The summed E-state index contributed by atoms with van der Waals surface area (Å²) in [5, 5.41) is 10.7. The maximum atomic E-state index is 11.3. The van der Waals surface area contributed by atoms with Crippen LogP contribution in [0.4, 0.5) is 0 Å². The minimum atomic E-state index is -0.547. The monoisotopic (exact) mass is 286 g/mol. The third-order valence-corrected chi connectivity index (χ3v) is 2.73. The normalized spacial score (nSPS) is 30.9. The van der Waals surface area contributed by atoms with E-state index in [9.17, 15) is 14.9 Å². The summed E-state index contributed by atoms with van der Waals surface area (Å²) in [5.74, 6) is -0.134. The highest BCUT2D eigenvalue weighted by atomic mass is 79.9. The van der Waals surface area contributed by atoms with Crippen molar-refractivity contribution in [2.24, 2.45) is 5.73 Å². The summed E-state index contributed by atoms with van der Waals surface area (Å²) in [6.07, 6.45) is 4.73. The number of carbonyl (C=O) groups is 1. The molecule has 0 aromatic carbocycles. The van der Waals surface area contributed by atoms with Gasteiger partial charge in [0, 0.05) is 12.5 Å². The number of allylic oxidation sites excluding steroid dienone is 4. The molecule has 6 heteroatoms. The molecule has 1 aliphatic rings. The summed E-state index contributed by atoms with van der Waals surface area (Å²) in [4.78, 5) is 21.2. The van der Waals surface area contributed by atoms with Crippen molar-refractivity contribution in [2.45, 2.75) is 18.2 Å². The van der Waals surface area contributed by atoms with Gasteiger partial charge in [0.1, 0.15) is 0 Å². The van der Waals surface area contributed by atoms with Crippen LogP contribution in [0.25, 0.3) is 0 Å². The van der Waals surface area contributed by atoms with Crippen LogP contribution in [0, 0.1) is 10.1 Å². The molecular formula is C10H11BrN2O3. The summed E-state index contributed by atoms with van der Waals surface area (Å²) in [6.45, 7) is 1.41. The summed E-state index contributed by atoms with van der Waals surface area (Å²) < 4.78 is 0. The lowest BCUT2D eigenvalue weighted by Gasteiger charge is -2.09. The molecule has 5 nitrogen and oxygen atoms in total. The lowest BCUT2D eigenvalue weighted by atomic mass is 10.0. The minimum Gasteiger partial charge on any atom is -0.396 e. The van der Waals surface area contributed by atoms with Gasteiger partial charge in [-0.2, -0.15) is 0 Å². The Kier molecular flexibility index (Phi) is 4.00. The van der Waals surface area contributed by atoms with Crippen molar-refractivity contribution < 1.29 is 9.72 Å². The van der Waals surface area contributed by atoms with E-state index in [0.717, 1.165) is 0 Å². The second-order valence-corrected chi connectivity index (χ2v) is 4.45. The Hall–Kier alpha value is -1.43. The summed E-state index contributed by atoms with van der Waals surface area (Å²) >= 11 is 3.28. The number of alkyl halides is 1. The van der Waals surface area contributed by atoms with Crippen LogP contribution in [0.3, 0.4) is 0 Å². The van der Waals surface area contributed by atoms with Gasteiger partial charge in [-0.05, 0) is 12.5 Å². The van der Waals surface area contributed by atoms with Gasteiger partial charge in [0.05, 0.1) is 15.4 Å². The van der Waals surface area contributed by atoms with Gasteiger partial charge in [0.15, 0.2) is 5.78 Å². The fourth-order valence-corrected chi connectivity index (χ4v) is 1.78. The van der Waals surface area contributed by atoms with Crippen molar-refractivity contribution in [3.63, 3.8) is 0 Å². The molecule has 2 N–H and O–H groups in total. The van der Waals surface area contributed by atoms with Crippen molar-refractivity contribution >= 4 is 21.7 Å². The van der Waals surface area contributed by atoms with Crippen molar-refractivity contribution in [3.8, 4) is 0 Å². The van der Waals surface area contributed by atoms with Gasteiger partial charge in [-0.3, -0.25) is 14.9 Å². The maximum Gasteiger partial charge on any atom is 0.287 e. The van der Waals surface area contributed by atoms with Gasteiger partial charge in [0.25, 0.3) is 5.70 Å². The zero-order valence-corrected chi connectivity index (χ0v) is 10.2. The van der Waals surface area contributed by atoms with E-state index in [4.69, 9.17) is 5.73 Å². The molecule has 1 unspecified atom stereocenters. The van der Waals surface area contributed by atoms with Crippen LogP contribution in [0.2, 0.25) is 0 Å². The van der Waals surface area contributed by atoms with Crippen LogP contribution in [0.15, 0.2) is 35.2 Å². The predicted octanol–water partition coefficient (Wildman–Crippen LogP) is 1.67. The van der Waals surface area contributed by atoms with E-state index in [1.54, 1.807) is 12.2 Å². The molecular weight excluding hydrogens is 276 g/mol. The summed E-state index contributed by atoms with van der Waals surface area (Å²) in [5.41, 5.74) is 6.02. The van der Waals surface area contributed by atoms with E-state index in [0.29, 0.717) is 5.57 Å². The number of nitro groups is 1. The number of halogens is 1. The Morgan fingerprint density at radius 2 is 2.31 bits per heavy atom. The molecule has 1 rings (SSSR count). The van der Waals surface area contributed by atoms with Gasteiger partial charge in [-0.1, -0.05) is 28.1 Å². The lowest BCUT2D eigenvalue weighted by molar-refractivity contribution is -0.420. The number of nitrogens with zero attached hydrogens (tertiary/aromatic N) is 1. The second-order valence-electron chi connectivity index (χ2n) is 3.40. The molecule has 0 aromatic heterocycles. The summed E-state index contributed by atoms with van der Waals surface area (Å²) in [7, 11) is 0. The molecule has 0 saturated heterocycles. The van der Waals surface area contributed by atoms with Crippen LogP contribution >= 0.6 is 15.9 Å². The molecule has 86 valence electrons. The molecule has 0 fully saturated rings. The van der Waals surface area contributed by atoms with Crippen LogP contribution in [0.1, 0.15) is 13.3 Å². The minimum absolute atomic E-state index is 0.0992. The third-order valence-electron chi connectivity index (χ3n) is 2.16. The molecule has 0 bridgehead atoms. The van der Waals surface area contributed by atoms with Crippen LogP contribution < -0.4 is 5.73 Å². The zero-order chi connectivity index (χ0) is 12.3. The van der Waals surface area contributed by atoms with E-state index >= 15 is 0 Å². The molecule has 16 heavy (non-hydrogen) atoms. The number of hydrogen-bond donors (Lipinski definition) is 1. The van der Waals surface area contributed by atoms with Crippen LogP contribution in [-0.4, -0.2) is 15.5 Å². The average Bonchev–Trinajstić information content (AvgIpc) is 2.13. The quantitative estimate of drug-likeness (QED) is 0.475. The molecule has 0 heterocycles. The fraction of sp³-hybridized carbons (Fsp3) is 0.300. The Labute approximate surface area is 101 Å². The van der Waals surface area contributed by atoms with Crippen LogP contribution in [0.5, 0.6) is 0 Å². The smallest absolute Gasteiger partial charge is 0.287 e. The number of Topliss-reactive ketones (excluding diaryl/α,β-unsaturated/α-hetero) is 1. The van der Waals surface area contributed by atoms with E-state index in [-0.39, 0.29) is 28.4 Å². The van der Waals surface area contributed by atoms with E-state index in [1.165, 1.54) is 13.0 Å². The first-order valence-electron chi connectivity index (χ1n) is 4.58. The number of ketones is 1. The van der Waals surface area contributed by atoms with Crippen LogP contribution in [-0.2, 0) is 4.79 Å². The van der Waals surface area contributed by atoms with Gasteiger partial charge in [-0.15, -0.1) is 0 Å². The Bertz CT molecular complexity index is 424. The Morgan fingerprint density at radius 1 is 1.69 bits per heavy atom. The first kappa shape index (κ1) is 12.6. The van der Waals surface area contributed by atoms with E-state index in [2.05, 4.69) is 15.9 Å². The van der Waals surface area contributed by atoms with Crippen molar-refractivity contribution in [2.75, 3.05) is 0 Å². The number of nitrogens with two attached hydrogens (primary N) is 1. The SMILES string of the molecule is CC(=O)/C1=C/C(Br)/C=C\C([N+](=O)[O-])=C(\N)C1. The zero-order valence-electron chi connectivity index (χ0n) is 8.64. The second kappa shape index (κ2) is 5.07. The largest absolute Gasteiger partial charge is 0.396 e. The molecule has 0 spiro atoms. The van der Waals surface area contributed by atoms with E-state index < -0.39 is 4.92 Å². The molecule has 0 saturated carbocycles. The lowest BCUT2D eigenvalue weighted by Crippen LogP contribution is -2.14. The molecule has 0 aliphatic heterocycles. The topological polar surface area (TPSA) is 86.2 Å². The van der Waals surface area contributed by atoms with Gasteiger partial charge < -0.3 is 5.73 Å². The van der Waals surface area contributed by atoms with E-state index in [1.807, 2.05) is 0 Å². The first-order chi connectivity index (χ1) is 7.41. The highest BCUT2D eigenvalue weighted by molar-refractivity contribution is 9.09. The summed E-state index contributed by atoms with van der Waals surface area (Å²) in [6, 6.07) is 0. The Morgan fingerprint density at radius 3 is 2.81 bits per heavy atom. The Balaban J connectivity index is 3.19. The number of hydrogen-bond acceptors (Lipinski definition) is 4. The highest BCUT2D eigenvalue weighted by Gasteiger charge is 2.18. The number of rotatable bonds is 2. The molecule has 1 aliphatic carbocycles. The predicted molar refractivity (Wildman–Crippen MR) is 63.4 cm³/mol. The molecule has 1 atom stereocenters. The van der Waals surface area contributed by atoms with Gasteiger partial charge in [0.2, 0.25) is 0 Å². The maximum absolute atomic E-state index is 11.3. The number of carbonyl (C=O) groups excluding carboxylic acids is 1. The third kappa shape index (κ3) is 3.03. The molecule has 0 amide bonds. The molecule has 0 radical (unpaired) electrons. The fourth-order valence-electron chi connectivity index (χ4n) is 1.31. The first-order valence-corrected chi connectivity index (χ1v) is 5.50. The van der Waals surface area contributed by atoms with Gasteiger partial charge in [-0.25, -0.2) is 0 Å². The van der Waals surface area contributed by atoms with Gasteiger partial charge >= 0.3 is 0 Å². The standard InChI is InChI=1S/C10H11BrN2O3/c1-6(14)7-4-8(11)2-3-10(13(15)16)9(12)5-7/h2-4,8H,5,12H2,1H3/b3-2-,7-4+,10-9-. The molecule has 0 aromatic rings. The highest BCUT2D eigenvalue weighted by Crippen LogP contribution is 2.20. The van der Waals surface area contributed by atoms with Crippen molar-refractivity contribution in [3.05, 3.63) is 45.3 Å². The van der Waals surface area contributed by atoms with Crippen molar-refractivity contribution in [1.82, 2.24) is 0 Å².